The normalized spacial score (nSPS) is 23.2. The molecule has 2 aliphatic rings. The molecule has 3 aromatic carbocycles. The monoisotopic (exact) mass is 518 g/mol. The molecule has 2 fully saturated rings. The van der Waals surface area contributed by atoms with E-state index < -0.39 is 0 Å². The maximum atomic E-state index is 12.6. The minimum atomic E-state index is -0.00253. The first-order valence-corrected chi connectivity index (χ1v) is 13.7. The van der Waals surface area contributed by atoms with E-state index in [1.807, 2.05) is 36.4 Å². The number of hydrogen-bond acceptors (Lipinski definition) is 4. The minimum Gasteiger partial charge on any atom is -0.373 e. The quantitative estimate of drug-likeness (QED) is 0.308. The second kappa shape index (κ2) is 11.0. The Morgan fingerprint density at radius 2 is 1.69 bits per heavy atom. The van der Waals surface area contributed by atoms with Gasteiger partial charge in [-0.3, -0.25) is 14.8 Å². The van der Waals surface area contributed by atoms with Crippen molar-refractivity contribution in [1.29, 1.82) is 0 Å². The van der Waals surface area contributed by atoms with Crippen molar-refractivity contribution in [3.05, 3.63) is 106 Å². The van der Waals surface area contributed by atoms with Crippen LogP contribution >= 0.6 is 0 Å². The fourth-order valence-electron chi connectivity index (χ4n) is 5.68. The number of fused-ring (bicyclic) bond motifs is 1. The number of morpholine rings is 1. The lowest BCUT2D eigenvalue weighted by atomic mass is 10.0. The molecule has 2 saturated heterocycles. The Balaban J connectivity index is 1.12. The number of amides is 1. The average Bonchev–Trinajstić information content (AvgIpc) is 3.51. The number of H-pyrrole nitrogens is 1. The van der Waals surface area contributed by atoms with Gasteiger partial charge >= 0.3 is 0 Å². The van der Waals surface area contributed by atoms with E-state index in [1.54, 1.807) is 0 Å². The first kappa shape index (κ1) is 25.3. The number of ether oxygens (including phenoxy) is 1. The third-order valence-corrected chi connectivity index (χ3v) is 7.50. The standard InChI is InChI=1S/C33H34N4O2/c1-22-19-37(20-23(2)39-22)21-25-10-8-24(9-11-25)13-15-30-29-14-12-26(17-32(29)36-35-30)16-28-18-31(34-33(28)38)27-6-4-3-5-7-27/h3-17,22-23,31H,18-21H2,1-2H3,(H,34,38)(H,35,36)/b15-13+,28-16+/t22-,23+,31?. The van der Waals surface area contributed by atoms with Gasteiger partial charge in [-0.1, -0.05) is 66.7 Å². The number of aromatic nitrogens is 2. The molecule has 0 spiro atoms. The van der Waals surface area contributed by atoms with Crippen LogP contribution in [0.3, 0.4) is 0 Å². The number of aromatic amines is 1. The first-order valence-electron chi connectivity index (χ1n) is 13.7. The molecule has 6 heteroatoms. The number of benzene rings is 3. The van der Waals surface area contributed by atoms with Crippen LogP contribution in [0.2, 0.25) is 0 Å². The molecule has 6 rings (SSSR count). The van der Waals surface area contributed by atoms with Crippen molar-refractivity contribution < 1.29 is 9.53 Å². The number of carbonyl (C=O) groups excluding carboxylic acids is 1. The van der Waals surface area contributed by atoms with Crippen molar-refractivity contribution >= 4 is 35.0 Å². The molecular weight excluding hydrogens is 484 g/mol. The third kappa shape index (κ3) is 5.87. The van der Waals surface area contributed by atoms with Gasteiger partial charge in [0, 0.05) is 37.0 Å². The number of nitrogens with one attached hydrogen (secondary N) is 2. The number of nitrogens with zero attached hydrogens (tertiary/aromatic N) is 2. The van der Waals surface area contributed by atoms with Gasteiger partial charge in [-0.05, 0) is 60.4 Å². The molecule has 3 heterocycles. The van der Waals surface area contributed by atoms with Crippen LogP contribution in [-0.4, -0.2) is 46.3 Å². The molecular formula is C33H34N4O2. The van der Waals surface area contributed by atoms with Gasteiger partial charge in [-0.2, -0.15) is 5.10 Å². The largest absolute Gasteiger partial charge is 0.373 e. The van der Waals surface area contributed by atoms with Gasteiger partial charge in [-0.25, -0.2) is 0 Å². The van der Waals surface area contributed by atoms with Crippen LogP contribution < -0.4 is 5.32 Å². The Labute approximate surface area is 229 Å². The highest BCUT2D eigenvalue weighted by Crippen LogP contribution is 2.29. The van der Waals surface area contributed by atoms with Crippen molar-refractivity contribution in [1.82, 2.24) is 20.4 Å². The molecule has 0 radical (unpaired) electrons. The predicted octanol–water partition coefficient (Wildman–Crippen LogP) is 5.99. The molecule has 198 valence electrons. The van der Waals surface area contributed by atoms with Crippen LogP contribution in [0, 0.1) is 0 Å². The second-order valence-corrected chi connectivity index (χ2v) is 10.8. The van der Waals surface area contributed by atoms with Gasteiger partial charge in [0.15, 0.2) is 0 Å². The van der Waals surface area contributed by atoms with Crippen LogP contribution in [-0.2, 0) is 16.1 Å². The van der Waals surface area contributed by atoms with Crippen LogP contribution in [0.4, 0.5) is 0 Å². The SMILES string of the molecule is C[C@@H]1CN(Cc2ccc(/C=C/c3n[nH]c4cc(/C=C5\CC(c6ccccc6)NC5=O)ccc34)cc2)C[C@H](C)O1. The molecule has 6 nitrogen and oxygen atoms in total. The van der Waals surface area contributed by atoms with Crippen molar-refractivity contribution in [3.8, 4) is 0 Å². The molecule has 0 aliphatic carbocycles. The van der Waals surface area contributed by atoms with E-state index in [9.17, 15) is 4.79 Å². The van der Waals surface area contributed by atoms with E-state index in [0.717, 1.165) is 58.5 Å². The summed E-state index contributed by atoms with van der Waals surface area (Å²) < 4.78 is 5.85. The van der Waals surface area contributed by atoms with Gasteiger partial charge in [0.05, 0.1) is 29.5 Å². The summed E-state index contributed by atoms with van der Waals surface area (Å²) in [5.74, 6) is -0.00253. The molecule has 0 saturated carbocycles. The van der Waals surface area contributed by atoms with E-state index >= 15 is 0 Å². The van der Waals surface area contributed by atoms with Gasteiger partial charge in [0.25, 0.3) is 0 Å². The molecule has 1 unspecified atom stereocenters. The first-order chi connectivity index (χ1) is 19.0. The van der Waals surface area contributed by atoms with Gasteiger partial charge in [0.2, 0.25) is 5.91 Å². The highest BCUT2D eigenvalue weighted by molar-refractivity contribution is 6.01. The van der Waals surface area contributed by atoms with E-state index in [0.29, 0.717) is 6.42 Å². The lowest BCUT2D eigenvalue weighted by Crippen LogP contribution is -2.44. The lowest BCUT2D eigenvalue weighted by molar-refractivity contribution is -0.116. The van der Waals surface area contributed by atoms with Crippen LogP contribution in [0.1, 0.15) is 54.3 Å². The lowest BCUT2D eigenvalue weighted by Gasteiger charge is -2.35. The number of carbonyl (C=O) groups is 1. The molecule has 4 aromatic rings. The zero-order valence-electron chi connectivity index (χ0n) is 22.4. The van der Waals surface area contributed by atoms with Gasteiger partial charge in [-0.15, -0.1) is 0 Å². The molecule has 1 amide bonds. The van der Waals surface area contributed by atoms with E-state index in [1.165, 1.54) is 5.56 Å². The fraction of sp³-hybridized carbons (Fsp3) is 0.273. The van der Waals surface area contributed by atoms with Gasteiger partial charge < -0.3 is 10.1 Å². The zero-order chi connectivity index (χ0) is 26.8. The summed E-state index contributed by atoms with van der Waals surface area (Å²) in [6, 6.07) is 25.0. The molecule has 1 aromatic heterocycles. The van der Waals surface area contributed by atoms with E-state index in [4.69, 9.17) is 4.74 Å². The summed E-state index contributed by atoms with van der Waals surface area (Å²) >= 11 is 0. The molecule has 39 heavy (non-hydrogen) atoms. The number of hydrogen-bond donors (Lipinski definition) is 2. The highest BCUT2D eigenvalue weighted by Gasteiger charge is 2.27. The molecule has 0 bridgehead atoms. The average molecular weight is 519 g/mol. The summed E-state index contributed by atoms with van der Waals surface area (Å²) in [5, 5.41) is 11.8. The Morgan fingerprint density at radius 3 is 2.46 bits per heavy atom. The van der Waals surface area contributed by atoms with Crippen LogP contribution in [0.25, 0.3) is 29.1 Å². The Kier molecular flexibility index (Phi) is 7.14. The maximum absolute atomic E-state index is 12.6. The molecule has 3 atom stereocenters. The van der Waals surface area contributed by atoms with Crippen molar-refractivity contribution in [2.45, 2.75) is 45.1 Å². The van der Waals surface area contributed by atoms with E-state index in [2.05, 4.69) is 88.9 Å². The third-order valence-electron chi connectivity index (χ3n) is 7.50. The van der Waals surface area contributed by atoms with Crippen LogP contribution in [0.15, 0.2) is 78.4 Å². The number of rotatable bonds is 6. The fourth-order valence-corrected chi connectivity index (χ4v) is 5.68. The van der Waals surface area contributed by atoms with Crippen molar-refractivity contribution in [2.24, 2.45) is 0 Å². The van der Waals surface area contributed by atoms with Crippen LogP contribution in [0.5, 0.6) is 0 Å². The predicted molar refractivity (Wildman–Crippen MR) is 157 cm³/mol. The summed E-state index contributed by atoms with van der Waals surface area (Å²) in [4.78, 5) is 15.0. The summed E-state index contributed by atoms with van der Waals surface area (Å²) in [6.45, 7) is 7.17. The smallest absolute Gasteiger partial charge is 0.247 e. The zero-order valence-corrected chi connectivity index (χ0v) is 22.4. The van der Waals surface area contributed by atoms with Crippen molar-refractivity contribution in [2.75, 3.05) is 13.1 Å². The van der Waals surface area contributed by atoms with E-state index in [-0.39, 0.29) is 24.2 Å². The highest BCUT2D eigenvalue weighted by atomic mass is 16.5. The maximum Gasteiger partial charge on any atom is 0.247 e. The molecule has 2 N–H and O–H groups in total. The van der Waals surface area contributed by atoms with Crippen molar-refractivity contribution in [3.63, 3.8) is 0 Å². The Bertz CT molecular complexity index is 1510. The Morgan fingerprint density at radius 1 is 0.949 bits per heavy atom. The Hall–Kier alpha value is -4.00. The van der Waals surface area contributed by atoms with Gasteiger partial charge in [0.1, 0.15) is 0 Å². The topological polar surface area (TPSA) is 70.2 Å². The summed E-state index contributed by atoms with van der Waals surface area (Å²) in [6.07, 6.45) is 7.37. The molecule has 2 aliphatic heterocycles. The minimum absolute atomic E-state index is 0.00253. The second-order valence-electron chi connectivity index (χ2n) is 10.8. The summed E-state index contributed by atoms with van der Waals surface area (Å²) in [7, 11) is 0. The summed E-state index contributed by atoms with van der Waals surface area (Å²) in [5.41, 5.74) is 7.21.